The summed E-state index contributed by atoms with van der Waals surface area (Å²) in [5.74, 6) is -1.76. The zero-order valence-electron chi connectivity index (χ0n) is 24.9. The third-order valence-corrected chi connectivity index (χ3v) is 10.1. The second kappa shape index (κ2) is 11.2. The molecule has 3 heterocycles. The number of rotatable bonds is 2. The molecule has 0 radical (unpaired) electrons. The van der Waals surface area contributed by atoms with Crippen LogP contribution in [0.2, 0.25) is 0 Å². The molecule has 3 fully saturated rings. The minimum absolute atomic E-state index is 0.0358. The van der Waals surface area contributed by atoms with Gasteiger partial charge in [0.15, 0.2) is 0 Å². The Morgan fingerprint density at radius 3 is 2.60 bits per heavy atom. The maximum atomic E-state index is 13.2. The van der Waals surface area contributed by atoms with Gasteiger partial charge in [-0.2, -0.15) is 0 Å². The first-order valence-electron chi connectivity index (χ1n) is 14.6. The van der Waals surface area contributed by atoms with Crippen molar-refractivity contribution in [3.05, 3.63) is 36.0 Å². The van der Waals surface area contributed by atoms with Gasteiger partial charge in [0.05, 0.1) is 37.3 Å². The normalized spacial score (nSPS) is 46.2. The van der Waals surface area contributed by atoms with Crippen molar-refractivity contribution in [1.29, 1.82) is 0 Å². The number of allylic oxidation sites excluding steroid dienone is 3. The van der Waals surface area contributed by atoms with Gasteiger partial charge >= 0.3 is 17.9 Å². The summed E-state index contributed by atoms with van der Waals surface area (Å²) >= 11 is 0. The summed E-state index contributed by atoms with van der Waals surface area (Å²) in [6.07, 6.45) is 5.09. The molecule has 42 heavy (non-hydrogen) atoms. The highest BCUT2D eigenvalue weighted by Crippen LogP contribution is 2.72. The summed E-state index contributed by atoms with van der Waals surface area (Å²) in [6.45, 7) is 8.37. The molecule has 0 aromatic rings. The largest absolute Gasteiger partial charge is 0.465 e. The van der Waals surface area contributed by atoms with Crippen molar-refractivity contribution in [3.8, 4) is 0 Å². The summed E-state index contributed by atoms with van der Waals surface area (Å²) in [5.41, 5.74) is -2.84. The van der Waals surface area contributed by atoms with Crippen molar-refractivity contribution >= 4 is 17.9 Å². The lowest BCUT2D eigenvalue weighted by molar-refractivity contribution is -0.234. The van der Waals surface area contributed by atoms with Crippen molar-refractivity contribution in [2.75, 3.05) is 19.8 Å². The van der Waals surface area contributed by atoms with Gasteiger partial charge in [0.1, 0.15) is 42.2 Å². The molecule has 0 unspecified atom stereocenters. The van der Waals surface area contributed by atoms with E-state index in [0.717, 1.165) is 6.42 Å². The number of carbonyl (C=O) groups excluding carboxylic acids is 3. The quantitative estimate of drug-likeness (QED) is 0.211. The van der Waals surface area contributed by atoms with Gasteiger partial charge < -0.3 is 38.6 Å². The van der Waals surface area contributed by atoms with E-state index in [-0.39, 0.29) is 25.4 Å². The average molecular weight is 591 g/mol. The van der Waals surface area contributed by atoms with Crippen LogP contribution in [0.5, 0.6) is 0 Å². The van der Waals surface area contributed by atoms with E-state index < -0.39 is 70.8 Å². The van der Waals surface area contributed by atoms with Crippen molar-refractivity contribution < 1.29 is 53.0 Å². The van der Waals surface area contributed by atoms with Gasteiger partial charge in [-0.25, -0.2) is 4.79 Å². The Labute approximate surface area is 245 Å². The number of esters is 3. The van der Waals surface area contributed by atoms with Crippen LogP contribution < -0.4 is 0 Å². The van der Waals surface area contributed by atoms with Crippen molar-refractivity contribution in [2.45, 2.75) is 108 Å². The summed E-state index contributed by atoms with van der Waals surface area (Å²) in [5, 5.41) is 21.8. The number of carbonyl (C=O) groups is 3. The van der Waals surface area contributed by atoms with E-state index in [1.54, 1.807) is 19.1 Å². The molecule has 2 aliphatic carbocycles. The molecule has 3 aliphatic heterocycles. The molecule has 0 aromatic heterocycles. The fraction of sp³-hybridized carbons (Fsp3) is 0.710. The molecule has 1 saturated carbocycles. The maximum absolute atomic E-state index is 13.2. The maximum Gasteiger partial charge on any atom is 0.331 e. The van der Waals surface area contributed by atoms with E-state index in [4.69, 9.17) is 28.4 Å². The molecule has 2 saturated heterocycles. The number of hydrogen-bond donors (Lipinski definition) is 2. The topological polar surface area (TPSA) is 150 Å². The van der Waals surface area contributed by atoms with Gasteiger partial charge in [0.25, 0.3) is 0 Å². The van der Waals surface area contributed by atoms with Crippen LogP contribution in [0.25, 0.3) is 0 Å². The zero-order valence-corrected chi connectivity index (χ0v) is 24.9. The third-order valence-electron chi connectivity index (χ3n) is 10.1. The number of epoxide rings is 1. The van der Waals surface area contributed by atoms with E-state index in [1.165, 1.54) is 31.6 Å². The molecule has 10 atom stereocenters. The molecule has 2 N–H and O–H groups in total. The Hall–Kier alpha value is -2.57. The van der Waals surface area contributed by atoms with Gasteiger partial charge in [-0.3, -0.25) is 9.59 Å². The number of ether oxygens (including phenoxy) is 6. The van der Waals surface area contributed by atoms with Crippen LogP contribution >= 0.6 is 0 Å². The lowest BCUT2D eigenvalue weighted by Gasteiger charge is -2.58. The second-order valence-corrected chi connectivity index (χ2v) is 12.8. The summed E-state index contributed by atoms with van der Waals surface area (Å²) in [7, 11) is 0. The first-order valence-corrected chi connectivity index (χ1v) is 14.6. The highest BCUT2D eigenvalue weighted by atomic mass is 16.6. The Morgan fingerprint density at radius 2 is 1.90 bits per heavy atom. The van der Waals surface area contributed by atoms with Crippen molar-refractivity contribution in [3.63, 3.8) is 0 Å². The first-order chi connectivity index (χ1) is 19.7. The Bertz CT molecular complexity index is 1180. The number of cyclic esters (lactones) is 1. The Kier molecular flexibility index (Phi) is 8.21. The molecule has 11 nitrogen and oxygen atoms in total. The van der Waals surface area contributed by atoms with Gasteiger partial charge in [0.2, 0.25) is 0 Å². The predicted octanol–water partition coefficient (Wildman–Crippen LogP) is 2.08. The molecule has 5 rings (SSSR count). The molecular formula is C31H42O11. The van der Waals surface area contributed by atoms with Gasteiger partial charge in [-0.05, 0) is 33.6 Å². The number of aliphatic hydroxyl groups is 2. The SMILES string of the molecule is CC(=O)O[C@H](C)[C@H]1/C=C/C=C/C(=O)O[C@H]2C[C@@H]3O[C@H]4C=C(C)CC[C@@]4(COC(=O)C[C@@](C)(O)[C@@H](O)CO1)[C@@]2(C)[C@@]31CO1. The van der Waals surface area contributed by atoms with E-state index in [0.29, 0.717) is 19.4 Å². The lowest BCUT2D eigenvalue weighted by atomic mass is 9.51. The van der Waals surface area contributed by atoms with Crippen LogP contribution in [0.1, 0.15) is 60.3 Å². The van der Waals surface area contributed by atoms with Crippen LogP contribution in [-0.2, 0) is 42.8 Å². The van der Waals surface area contributed by atoms with Crippen LogP contribution in [0.15, 0.2) is 36.0 Å². The highest BCUT2D eigenvalue weighted by Gasteiger charge is 2.83. The fourth-order valence-electron chi connectivity index (χ4n) is 7.35. The second-order valence-electron chi connectivity index (χ2n) is 12.8. The molecule has 0 aromatic carbocycles. The summed E-state index contributed by atoms with van der Waals surface area (Å²) in [6, 6.07) is 0. The van der Waals surface area contributed by atoms with Crippen LogP contribution in [-0.4, -0.2) is 95.8 Å². The van der Waals surface area contributed by atoms with Crippen molar-refractivity contribution in [2.24, 2.45) is 10.8 Å². The van der Waals surface area contributed by atoms with Gasteiger partial charge in [-0.1, -0.05) is 36.8 Å². The minimum atomic E-state index is -1.87. The monoisotopic (exact) mass is 590 g/mol. The molecule has 5 aliphatic rings. The zero-order chi connectivity index (χ0) is 30.5. The fourth-order valence-corrected chi connectivity index (χ4v) is 7.35. The van der Waals surface area contributed by atoms with Gasteiger partial charge in [-0.15, -0.1) is 0 Å². The molecule has 11 heteroatoms. The number of aliphatic hydroxyl groups excluding tert-OH is 1. The Morgan fingerprint density at radius 1 is 1.17 bits per heavy atom. The molecule has 232 valence electrons. The van der Waals surface area contributed by atoms with Gasteiger partial charge in [0, 0.05) is 24.8 Å². The van der Waals surface area contributed by atoms with E-state index in [1.807, 2.05) is 6.92 Å². The minimum Gasteiger partial charge on any atom is -0.465 e. The molecule has 0 amide bonds. The average Bonchev–Trinajstić information content (AvgIpc) is 3.68. The van der Waals surface area contributed by atoms with Crippen LogP contribution in [0.4, 0.5) is 0 Å². The molecular weight excluding hydrogens is 548 g/mol. The Balaban J connectivity index is 1.49. The van der Waals surface area contributed by atoms with Crippen LogP contribution in [0, 0.1) is 10.8 Å². The summed E-state index contributed by atoms with van der Waals surface area (Å²) in [4.78, 5) is 37.8. The lowest BCUT2D eigenvalue weighted by Crippen LogP contribution is -2.66. The van der Waals surface area contributed by atoms with Crippen LogP contribution in [0.3, 0.4) is 0 Å². The third kappa shape index (κ3) is 5.23. The standard InChI is InChI=1S/C31H42O11/c1-18-10-11-30-16-38-27(35)14-28(4,36)22(33)15-37-21(19(2)40-20(3)32)8-6-7-9-26(34)42-23-13-25(41-24(30)12-18)31(17-39-31)29(23,30)5/h6-9,12,19,21-25,33,36H,10-11,13-17H2,1-5H3/b8-6+,9-7+/t19-,21-,22+,23+,24+,25+,28-,29+,30+,31-/m1/s1. The summed E-state index contributed by atoms with van der Waals surface area (Å²) < 4.78 is 35.7. The van der Waals surface area contributed by atoms with E-state index in [9.17, 15) is 24.6 Å². The van der Waals surface area contributed by atoms with Crippen molar-refractivity contribution in [1.82, 2.24) is 0 Å². The highest BCUT2D eigenvalue weighted by molar-refractivity contribution is 5.82. The number of hydrogen-bond acceptors (Lipinski definition) is 11. The van der Waals surface area contributed by atoms with E-state index in [2.05, 4.69) is 13.0 Å². The van der Waals surface area contributed by atoms with E-state index >= 15 is 0 Å². The molecule has 2 bridgehead atoms. The smallest absolute Gasteiger partial charge is 0.331 e. The molecule has 2 spiro atoms. The first kappa shape index (κ1) is 30.9. The predicted molar refractivity (Wildman–Crippen MR) is 147 cm³/mol.